The number of ether oxygens (including phenoxy) is 2. The van der Waals surface area contributed by atoms with Crippen molar-refractivity contribution in [3.8, 4) is 5.75 Å². The summed E-state index contributed by atoms with van der Waals surface area (Å²) in [4.78, 5) is 25.6. The van der Waals surface area contributed by atoms with Gasteiger partial charge in [0.15, 0.2) is 0 Å². The average molecular weight is 347 g/mol. The van der Waals surface area contributed by atoms with Gasteiger partial charge in [-0.1, -0.05) is 6.07 Å². The van der Waals surface area contributed by atoms with Gasteiger partial charge in [0.2, 0.25) is 0 Å². The Morgan fingerprint density at radius 3 is 2.68 bits per heavy atom. The molecule has 6 heteroatoms. The zero-order valence-corrected chi connectivity index (χ0v) is 14.5. The lowest BCUT2D eigenvalue weighted by molar-refractivity contribution is -0.138. The van der Waals surface area contributed by atoms with Gasteiger partial charge in [-0.15, -0.1) is 0 Å². The van der Waals surface area contributed by atoms with Gasteiger partial charge < -0.3 is 19.5 Å². The summed E-state index contributed by atoms with van der Waals surface area (Å²) in [5.74, 6) is -0.365. The van der Waals surface area contributed by atoms with Gasteiger partial charge >= 0.3 is 5.97 Å². The quantitative estimate of drug-likeness (QED) is 0.856. The van der Waals surface area contributed by atoms with Crippen LogP contribution in [0.25, 0.3) is 0 Å². The van der Waals surface area contributed by atoms with Gasteiger partial charge in [-0.3, -0.25) is 9.59 Å². The molecule has 0 aromatic heterocycles. The van der Waals surface area contributed by atoms with Crippen molar-refractivity contribution in [2.45, 2.75) is 56.8 Å². The second-order valence-corrected chi connectivity index (χ2v) is 6.85. The first-order valence-electron chi connectivity index (χ1n) is 8.89. The number of nitrogens with zero attached hydrogens (tertiary/aromatic N) is 1. The summed E-state index contributed by atoms with van der Waals surface area (Å²) >= 11 is 0. The van der Waals surface area contributed by atoms with E-state index in [9.17, 15) is 9.59 Å². The number of hydrogen-bond acceptors (Lipinski definition) is 4. The fraction of sp³-hybridized carbons (Fsp3) is 0.579. The summed E-state index contributed by atoms with van der Waals surface area (Å²) in [7, 11) is 1.59. The third kappa shape index (κ3) is 4.31. The van der Waals surface area contributed by atoms with Gasteiger partial charge in [0.25, 0.3) is 5.91 Å². The van der Waals surface area contributed by atoms with E-state index in [1.54, 1.807) is 24.1 Å². The summed E-state index contributed by atoms with van der Waals surface area (Å²) < 4.78 is 11.3. The van der Waals surface area contributed by atoms with Gasteiger partial charge in [0, 0.05) is 25.3 Å². The van der Waals surface area contributed by atoms with Crippen molar-refractivity contribution >= 4 is 11.9 Å². The molecule has 0 bridgehead atoms. The molecule has 2 atom stereocenters. The number of hydrogen-bond donors (Lipinski definition) is 1. The molecule has 1 aromatic rings. The number of likely N-dealkylation sites (tertiary alicyclic amines) is 1. The molecule has 1 N–H and O–H groups in total. The predicted molar refractivity (Wildman–Crippen MR) is 91.8 cm³/mol. The normalized spacial score (nSPS) is 23.8. The predicted octanol–water partition coefficient (Wildman–Crippen LogP) is 2.71. The summed E-state index contributed by atoms with van der Waals surface area (Å²) in [6.45, 7) is 0.418. The van der Waals surface area contributed by atoms with Crippen LogP contribution in [0.3, 0.4) is 0 Å². The topological polar surface area (TPSA) is 76.1 Å². The van der Waals surface area contributed by atoms with Crippen molar-refractivity contribution in [3.05, 3.63) is 29.8 Å². The van der Waals surface area contributed by atoms with Crippen molar-refractivity contribution in [3.63, 3.8) is 0 Å². The summed E-state index contributed by atoms with van der Waals surface area (Å²) in [5.41, 5.74) is 0.530. The van der Waals surface area contributed by atoms with Gasteiger partial charge in [-0.2, -0.15) is 0 Å². The van der Waals surface area contributed by atoms with E-state index in [0.717, 1.165) is 12.8 Å². The fourth-order valence-electron chi connectivity index (χ4n) is 3.76. The van der Waals surface area contributed by atoms with Crippen molar-refractivity contribution < 1.29 is 24.2 Å². The average Bonchev–Trinajstić information content (AvgIpc) is 3.23. The molecule has 3 rings (SSSR count). The van der Waals surface area contributed by atoms with Gasteiger partial charge in [-0.05, 0) is 50.3 Å². The largest absolute Gasteiger partial charge is 0.490 e. The molecule has 2 aliphatic rings. The smallest absolute Gasteiger partial charge is 0.305 e. The van der Waals surface area contributed by atoms with Crippen LogP contribution in [0.1, 0.15) is 48.9 Å². The molecule has 0 spiro atoms. The number of carbonyl (C=O) groups is 2. The minimum atomic E-state index is -0.905. The van der Waals surface area contributed by atoms with E-state index in [1.165, 1.54) is 12.8 Å². The highest BCUT2D eigenvalue weighted by molar-refractivity contribution is 5.95. The number of benzene rings is 1. The van der Waals surface area contributed by atoms with Gasteiger partial charge in [0.05, 0.1) is 18.6 Å². The van der Waals surface area contributed by atoms with E-state index in [1.807, 2.05) is 12.1 Å². The van der Waals surface area contributed by atoms with E-state index in [4.69, 9.17) is 14.6 Å². The number of carboxylic acid groups (broad SMARTS) is 1. The van der Waals surface area contributed by atoms with Crippen LogP contribution in [0.4, 0.5) is 0 Å². The summed E-state index contributed by atoms with van der Waals surface area (Å²) in [6, 6.07) is 6.86. The lowest BCUT2D eigenvalue weighted by atomic mass is 10.1. The van der Waals surface area contributed by atoms with Crippen LogP contribution in [0.15, 0.2) is 24.3 Å². The first kappa shape index (κ1) is 17.7. The van der Waals surface area contributed by atoms with Crippen molar-refractivity contribution in [1.29, 1.82) is 0 Å². The minimum Gasteiger partial charge on any atom is -0.490 e. The standard InChI is InChI=1S/C19H25NO5/c1-24-17-10-14(11-18(21)22)20(12-17)19(23)13-5-4-8-16(9-13)25-15-6-2-3-7-15/h4-5,8-9,14-15,17H,2-3,6-7,10-12H2,1H3,(H,21,22). The molecule has 1 heterocycles. The number of rotatable bonds is 6. The molecule has 1 saturated carbocycles. The lowest BCUT2D eigenvalue weighted by Gasteiger charge is -2.23. The number of carbonyl (C=O) groups excluding carboxylic acids is 1. The molecule has 6 nitrogen and oxygen atoms in total. The summed E-state index contributed by atoms with van der Waals surface area (Å²) in [6.07, 6.45) is 5.08. The third-order valence-corrected chi connectivity index (χ3v) is 5.07. The van der Waals surface area contributed by atoms with Crippen LogP contribution < -0.4 is 4.74 Å². The molecule has 2 unspecified atom stereocenters. The molecular weight excluding hydrogens is 322 g/mol. The fourth-order valence-corrected chi connectivity index (χ4v) is 3.76. The molecule has 1 saturated heterocycles. The van der Waals surface area contributed by atoms with Crippen LogP contribution in [0.2, 0.25) is 0 Å². The van der Waals surface area contributed by atoms with Crippen LogP contribution in [0.5, 0.6) is 5.75 Å². The maximum atomic E-state index is 12.9. The monoisotopic (exact) mass is 347 g/mol. The number of aliphatic carboxylic acids is 1. The minimum absolute atomic E-state index is 0.0656. The van der Waals surface area contributed by atoms with Crippen molar-refractivity contribution in [1.82, 2.24) is 4.90 Å². The van der Waals surface area contributed by atoms with Crippen LogP contribution in [-0.4, -0.2) is 53.8 Å². The first-order chi connectivity index (χ1) is 12.1. The molecule has 1 amide bonds. The van der Waals surface area contributed by atoms with Gasteiger partial charge in [0.1, 0.15) is 5.75 Å². The molecule has 1 aliphatic carbocycles. The molecular formula is C19H25NO5. The number of amides is 1. The lowest BCUT2D eigenvalue weighted by Crippen LogP contribution is -2.37. The highest BCUT2D eigenvalue weighted by Gasteiger charge is 2.37. The SMILES string of the molecule is COC1CC(CC(=O)O)N(C(=O)c2cccc(OC3CCCC3)c2)C1. The molecule has 1 aliphatic heterocycles. The molecule has 136 valence electrons. The van der Waals surface area contributed by atoms with E-state index in [-0.39, 0.29) is 30.6 Å². The van der Waals surface area contributed by atoms with Crippen molar-refractivity contribution in [2.75, 3.05) is 13.7 Å². The second kappa shape index (κ2) is 7.87. The zero-order valence-electron chi connectivity index (χ0n) is 14.5. The third-order valence-electron chi connectivity index (χ3n) is 5.07. The zero-order chi connectivity index (χ0) is 17.8. The number of carboxylic acids is 1. The second-order valence-electron chi connectivity index (χ2n) is 6.85. The highest BCUT2D eigenvalue weighted by atomic mass is 16.5. The van der Waals surface area contributed by atoms with Crippen LogP contribution in [0, 0.1) is 0 Å². The Morgan fingerprint density at radius 1 is 1.24 bits per heavy atom. The molecule has 25 heavy (non-hydrogen) atoms. The van der Waals surface area contributed by atoms with Crippen LogP contribution in [-0.2, 0) is 9.53 Å². The molecule has 2 fully saturated rings. The summed E-state index contributed by atoms with van der Waals surface area (Å²) in [5, 5.41) is 9.11. The Bertz CT molecular complexity index is 626. The highest BCUT2D eigenvalue weighted by Crippen LogP contribution is 2.27. The Hall–Kier alpha value is -2.08. The Balaban J connectivity index is 1.73. The molecule has 0 radical (unpaired) electrons. The number of methoxy groups -OCH3 is 1. The van der Waals surface area contributed by atoms with Gasteiger partial charge in [-0.25, -0.2) is 0 Å². The maximum Gasteiger partial charge on any atom is 0.305 e. The van der Waals surface area contributed by atoms with E-state index >= 15 is 0 Å². The van der Waals surface area contributed by atoms with E-state index < -0.39 is 5.97 Å². The Labute approximate surface area is 147 Å². The van der Waals surface area contributed by atoms with Crippen molar-refractivity contribution in [2.24, 2.45) is 0 Å². The first-order valence-corrected chi connectivity index (χ1v) is 8.89. The maximum absolute atomic E-state index is 12.9. The van der Waals surface area contributed by atoms with Crippen LogP contribution >= 0.6 is 0 Å². The van der Waals surface area contributed by atoms with E-state index in [2.05, 4.69) is 0 Å². The Kier molecular flexibility index (Phi) is 5.58. The Morgan fingerprint density at radius 2 is 2.00 bits per heavy atom. The molecule has 1 aromatic carbocycles. The van der Waals surface area contributed by atoms with E-state index in [0.29, 0.717) is 24.3 Å².